The van der Waals surface area contributed by atoms with Crippen LogP contribution < -0.4 is 0 Å². The Balaban J connectivity index is 0.893. The Morgan fingerprint density at radius 2 is 0.857 bits per heavy atom. The minimum atomic E-state index is 0.676. The first-order valence-electron chi connectivity index (χ1n) is 23.7. The van der Waals surface area contributed by atoms with Gasteiger partial charge in [0.1, 0.15) is 11.2 Å². The summed E-state index contributed by atoms with van der Waals surface area (Å²) in [5.41, 5.74) is 17.2. The van der Waals surface area contributed by atoms with Crippen LogP contribution in [0.4, 0.5) is 0 Å². The Kier molecular flexibility index (Phi) is 9.14. The topological polar surface area (TPSA) is 56.7 Å². The van der Waals surface area contributed by atoms with Gasteiger partial charge in [-0.1, -0.05) is 182 Å². The third-order valence-corrected chi connectivity index (χ3v) is 13.8. The highest BCUT2D eigenvalue weighted by Gasteiger charge is 2.22. The van der Waals surface area contributed by atoms with E-state index in [1.807, 2.05) is 24.3 Å². The summed E-state index contributed by atoms with van der Waals surface area (Å²) in [6, 6.07) is 85.5. The van der Waals surface area contributed by atoms with Crippen LogP contribution in [0.2, 0.25) is 0 Å². The molecule has 14 rings (SSSR count). The maximum Gasteiger partial charge on any atom is 0.160 e. The molecule has 0 aliphatic rings. The molecule has 0 N–H and O–H groups in total. The molecular formula is C65H40N4O. The van der Waals surface area contributed by atoms with Gasteiger partial charge in [0, 0.05) is 71.2 Å². The first kappa shape index (κ1) is 39.7. The number of nitrogens with zero attached hydrogens (tertiary/aromatic N) is 4. The first-order valence-corrected chi connectivity index (χ1v) is 23.7. The average molecular weight is 893 g/mol. The van der Waals surface area contributed by atoms with Gasteiger partial charge in [0.15, 0.2) is 5.82 Å². The van der Waals surface area contributed by atoms with E-state index >= 15 is 0 Å². The second-order valence-electron chi connectivity index (χ2n) is 17.9. The van der Waals surface area contributed by atoms with E-state index in [-0.39, 0.29) is 0 Å². The Bertz CT molecular complexity index is 4290. The lowest BCUT2D eigenvalue weighted by atomic mass is 9.89. The largest absolute Gasteiger partial charge is 0.456 e. The molecule has 14 aromatic rings. The van der Waals surface area contributed by atoms with Crippen LogP contribution in [0.1, 0.15) is 0 Å². The molecule has 0 aliphatic carbocycles. The molecule has 0 saturated carbocycles. The maximum absolute atomic E-state index is 6.66. The van der Waals surface area contributed by atoms with E-state index in [0.29, 0.717) is 5.82 Å². The van der Waals surface area contributed by atoms with Gasteiger partial charge in [0.25, 0.3) is 0 Å². The number of para-hydroxylation sites is 4. The van der Waals surface area contributed by atoms with E-state index in [1.54, 1.807) is 0 Å². The Hall–Kier alpha value is -9.45. The van der Waals surface area contributed by atoms with Crippen molar-refractivity contribution in [1.29, 1.82) is 0 Å². The van der Waals surface area contributed by atoms with Crippen molar-refractivity contribution in [1.82, 2.24) is 19.5 Å². The normalized spacial score (nSPS) is 11.7. The third-order valence-electron chi connectivity index (χ3n) is 13.8. The second kappa shape index (κ2) is 16.1. The van der Waals surface area contributed by atoms with Crippen LogP contribution >= 0.6 is 0 Å². The van der Waals surface area contributed by atoms with Crippen LogP contribution in [0.5, 0.6) is 0 Å². The summed E-state index contributed by atoms with van der Waals surface area (Å²) in [4.78, 5) is 15.9. The van der Waals surface area contributed by atoms with Crippen molar-refractivity contribution in [3.8, 4) is 73.1 Å². The number of furan rings is 1. The van der Waals surface area contributed by atoms with Crippen molar-refractivity contribution in [3.05, 3.63) is 243 Å². The van der Waals surface area contributed by atoms with E-state index in [4.69, 9.17) is 19.4 Å². The molecule has 0 fully saturated rings. The van der Waals surface area contributed by atoms with Crippen LogP contribution in [0.15, 0.2) is 247 Å². The van der Waals surface area contributed by atoms with Gasteiger partial charge in [-0.3, -0.25) is 0 Å². The van der Waals surface area contributed by atoms with E-state index in [9.17, 15) is 0 Å². The lowest BCUT2D eigenvalue weighted by molar-refractivity contribution is 0.669. The summed E-state index contributed by atoms with van der Waals surface area (Å²) in [5, 5.41) is 8.00. The number of fused-ring (bicyclic) bond motifs is 9. The molecule has 5 heteroatoms. The number of hydrogen-bond donors (Lipinski definition) is 0. The standard InChI is InChI=1S/C65H40N4O/c1-3-17-42(18-4-1)61-62-51-27-7-11-29-54(51)66-64(53(62)39-60-63(61)52-28-10-14-32-59(52)70-60)47-24-16-22-45(38-47)44-21-15-23-46(37-44)56-40-55(67-65(68-56)43-19-5-2-6-20-43)41-33-35-48(36-34-41)69-57-30-12-8-25-49(57)50-26-9-13-31-58(50)69/h1-40H. The van der Waals surface area contributed by atoms with Gasteiger partial charge in [-0.25, -0.2) is 15.0 Å². The lowest BCUT2D eigenvalue weighted by Crippen LogP contribution is -1.97. The van der Waals surface area contributed by atoms with Crippen LogP contribution in [-0.4, -0.2) is 19.5 Å². The fourth-order valence-corrected chi connectivity index (χ4v) is 10.6. The van der Waals surface area contributed by atoms with Gasteiger partial charge in [0.05, 0.1) is 33.6 Å². The zero-order chi connectivity index (χ0) is 46.1. The maximum atomic E-state index is 6.66. The molecule has 0 atom stereocenters. The summed E-state index contributed by atoms with van der Waals surface area (Å²) < 4.78 is 9.00. The van der Waals surface area contributed by atoms with Gasteiger partial charge >= 0.3 is 0 Å². The van der Waals surface area contributed by atoms with Crippen LogP contribution in [0.3, 0.4) is 0 Å². The number of aromatic nitrogens is 4. The highest BCUT2D eigenvalue weighted by molar-refractivity contribution is 6.27. The summed E-state index contributed by atoms with van der Waals surface area (Å²) in [5.74, 6) is 0.676. The summed E-state index contributed by atoms with van der Waals surface area (Å²) in [7, 11) is 0. The van der Waals surface area contributed by atoms with E-state index in [2.05, 4.69) is 223 Å². The smallest absolute Gasteiger partial charge is 0.160 e. The lowest BCUT2D eigenvalue weighted by Gasteiger charge is -2.16. The molecule has 10 aromatic carbocycles. The quantitative estimate of drug-likeness (QED) is 0.150. The summed E-state index contributed by atoms with van der Waals surface area (Å²) in [6.45, 7) is 0. The minimum absolute atomic E-state index is 0.676. The van der Waals surface area contributed by atoms with Crippen molar-refractivity contribution >= 4 is 65.4 Å². The molecular weight excluding hydrogens is 853 g/mol. The van der Waals surface area contributed by atoms with Crippen molar-refractivity contribution in [2.75, 3.05) is 0 Å². The fourth-order valence-electron chi connectivity index (χ4n) is 10.6. The molecule has 4 heterocycles. The Morgan fingerprint density at radius 1 is 0.314 bits per heavy atom. The minimum Gasteiger partial charge on any atom is -0.456 e. The highest BCUT2D eigenvalue weighted by Crippen LogP contribution is 2.46. The van der Waals surface area contributed by atoms with Crippen LogP contribution in [-0.2, 0) is 0 Å². The van der Waals surface area contributed by atoms with Gasteiger partial charge in [0.2, 0.25) is 0 Å². The molecule has 0 saturated heterocycles. The molecule has 4 aromatic heterocycles. The summed E-state index contributed by atoms with van der Waals surface area (Å²) >= 11 is 0. The molecule has 0 bridgehead atoms. The third kappa shape index (κ3) is 6.51. The molecule has 0 radical (unpaired) electrons. The molecule has 70 heavy (non-hydrogen) atoms. The van der Waals surface area contributed by atoms with E-state index in [1.165, 1.54) is 21.8 Å². The molecule has 0 unspecified atom stereocenters. The van der Waals surface area contributed by atoms with Gasteiger partial charge in [-0.2, -0.15) is 0 Å². The Morgan fingerprint density at radius 3 is 1.57 bits per heavy atom. The number of hydrogen-bond acceptors (Lipinski definition) is 4. The average Bonchev–Trinajstić information content (AvgIpc) is 3.98. The van der Waals surface area contributed by atoms with Crippen molar-refractivity contribution in [2.45, 2.75) is 0 Å². The summed E-state index contributed by atoms with van der Waals surface area (Å²) in [6.07, 6.45) is 0. The van der Waals surface area contributed by atoms with E-state index < -0.39 is 0 Å². The van der Waals surface area contributed by atoms with Crippen LogP contribution in [0.25, 0.3) is 139 Å². The zero-order valence-corrected chi connectivity index (χ0v) is 37.8. The molecule has 0 amide bonds. The molecule has 0 aliphatic heterocycles. The molecule has 5 nitrogen and oxygen atoms in total. The fraction of sp³-hybridized carbons (Fsp3) is 0. The van der Waals surface area contributed by atoms with E-state index in [0.717, 1.165) is 111 Å². The second-order valence-corrected chi connectivity index (χ2v) is 17.9. The number of benzene rings is 10. The zero-order valence-electron chi connectivity index (χ0n) is 37.8. The van der Waals surface area contributed by atoms with Crippen LogP contribution in [0, 0.1) is 0 Å². The Labute approximate surface area is 403 Å². The highest BCUT2D eigenvalue weighted by atomic mass is 16.3. The van der Waals surface area contributed by atoms with Crippen molar-refractivity contribution in [3.63, 3.8) is 0 Å². The predicted molar refractivity (Wildman–Crippen MR) is 289 cm³/mol. The van der Waals surface area contributed by atoms with Crippen molar-refractivity contribution < 1.29 is 4.42 Å². The monoisotopic (exact) mass is 892 g/mol. The SMILES string of the molecule is c1ccc(-c2nc(-c3ccc(-n4c5ccccc5c5ccccc54)cc3)cc(-c3cccc(-c4cccc(-c5nc6ccccc6c6c(-c7ccccc7)c7c(cc56)oc5ccccc57)c4)c3)n2)cc1. The molecule has 326 valence electrons. The van der Waals surface area contributed by atoms with Gasteiger partial charge < -0.3 is 8.98 Å². The predicted octanol–water partition coefficient (Wildman–Crippen LogP) is 17.2. The van der Waals surface area contributed by atoms with Crippen molar-refractivity contribution in [2.24, 2.45) is 0 Å². The first-order chi connectivity index (χ1) is 34.7. The number of pyridine rings is 1. The number of rotatable bonds is 7. The van der Waals surface area contributed by atoms with Gasteiger partial charge in [-0.15, -0.1) is 0 Å². The van der Waals surface area contributed by atoms with Gasteiger partial charge in [-0.05, 0) is 77.4 Å². The molecule has 0 spiro atoms.